The van der Waals surface area contributed by atoms with Crippen LogP contribution in [0.3, 0.4) is 0 Å². The molecule has 0 saturated carbocycles. The lowest BCUT2D eigenvalue weighted by Gasteiger charge is -2.13. The molecule has 2 heteroatoms. The molecule has 0 radical (unpaired) electrons. The Kier molecular flexibility index (Phi) is 4.65. The zero-order valence-corrected chi connectivity index (χ0v) is 13.2. The molecule has 0 spiro atoms. The summed E-state index contributed by atoms with van der Waals surface area (Å²) in [6.07, 6.45) is 0. The molecule has 0 fully saturated rings. The summed E-state index contributed by atoms with van der Waals surface area (Å²) in [6, 6.07) is 14.9. The second-order valence-electron chi connectivity index (χ2n) is 4.79. The van der Waals surface area contributed by atoms with E-state index in [1.54, 1.807) is 0 Å². The van der Waals surface area contributed by atoms with E-state index in [2.05, 4.69) is 60.1 Å². The molecule has 0 aliphatic carbocycles. The van der Waals surface area contributed by atoms with Gasteiger partial charge in [-0.25, -0.2) is 0 Å². The summed E-state index contributed by atoms with van der Waals surface area (Å²) in [5, 5.41) is 0. The molecular weight excluding hydrogens is 300 g/mol. The SMILES string of the molecule is CCOc1ccc(C(Br)c2cc(C)cc(C)c2)cc1. The van der Waals surface area contributed by atoms with Crippen LogP contribution in [-0.4, -0.2) is 6.61 Å². The van der Waals surface area contributed by atoms with Crippen molar-refractivity contribution in [3.8, 4) is 5.75 Å². The predicted octanol–water partition coefficient (Wildman–Crippen LogP) is 5.19. The highest BCUT2D eigenvalue weighted by molar-refractivity contribution is 9.09. The van der Waals surface area contributed by atoms with Crippen LogP contribution in [0, 0.1) is 13.8 Å². The topological polar surface area (TPSA) is 9.23 Å². The average molecular weight is 319 g/mol. The molecule has 0 amide bonds. The lowest BCUT2D eigenvalue weighted by molar-refractivity contribution is 0.340. The van der Waals surface area contributed by atoms with Crippen LogP contribution in [0.2, 0.25) is 0 Å². The summed E-state index contributed by atoms with van der Waals surface area (Å²) < 4.78 is 5.47. The summed E-state index contributed by atoms with van der Waals surface area (Å²) in [6.45, 7) is 6.97. The van der Waals surface area contributed by atoms with Gasteiger partial charge in [0.15, 0.2) is 0 Å². The van der Waals surface area contributed by atoms with Gasteiger partial charge in [-0.2, -0.15) is 0 Å². The van der Waals surface area contributed by atoms with E-state index in [0.717, 1.165) is 5.75 Å². The van der Waals surface area contributed by atoms with Crippen molar-refractivity contribution in [2.75, 3.05) is 6.61 Å². The summed E-state index contributed by atoms with van der Waals surface area (Å²) in [5.74, 6) is 0.923. The fourth-order valence-electron chi connectivity index (χ4n) is 2.25. The fraction of sp³-hybridized carbons (Fsp3) is 0.294. The van der Waals surface area contributed by atoms with E-state index in [0.29, 0.717) is 6.61 Å². The number of hydrogen-bond donors (Lipinski definition) is 0. The van der Waals surface area contributed by atoms with Gasteiger partial charge in [-0.1, -0.05) is 57.4 Å². The van der Waals surface area contributed by atoms with Crippen LogP contribution < -0.4 is 4.74 Å². The van der Waals surface area contributed by atoms with Gasteiger partial charge in [-0.05, 0) is 44.0 Å². The molecule has 2 aromatic carbocycles. The maximum Gasteiger partial charge on any atom is 0.119 e. The molecule has 0 aliphatic rings. The van der Waals surface area contributed by atoms with E-state index in [-0.39, 0.29) is 4.83 Å². The number of rotatable bonds is 4. The molecule has 1 unspecified atom stereocenters. The number of aryl methyl sites for hydroxylation is 2. The standard InChI is InChI=1S/C17H19BrO/c1-4-19-16-7-5-14(6-8-16)17(18)15-10-12(2)9-13(3)11-15/h5-11,17H,4H2,1-3H3. The number of hydrogen-bond acceptors (Lipinski definition) is 1. The second kappa shape index (κ2) is 6.25. The highest BCUT2D eigenvalue weighted by Crippen LogP contribution is 2.32. The Morgan fingerprint density at radius 3 is 2.05 bits per heavy atom. The largest absolute Gasteiger partial charge is 0.494 e. The van der Waals surface area contributed by atoms with Crippen LogP contribution in [-0.2, 0) is 0 Å². The van der Waals surface area contributed by atoms with E-state index < -0.39 is 0 Å². The quantitative estimate of drug-likeness (QED) is 0.705. The highest BCUT2D eigenvalue weighted by Gasteiger charge is 2.11. The Balaban J connectivity index is 2.25. The fourth-order valence-corrected chi connectivity index (χ4v) is 2.82. The monoisotopic (exact) mass is 318 g/mol. The van der Waals surface area contributed by atoms with Gasteiger partial charge in [0, 0.05) is 0 Å². The van der Waals surface area contributed by atoms with Crippen molar-refractivity contribution >= 4 is 15.9 Å². The zero-order valence-electron chi connectivity index (χ0n) is 11.6. The van der Waals surface area contributed by atoms with Crippen molar-refractivity contribution in [1.29, 1.82) is 0 Å². The minimum atomic E-state index is 0.224. The lowest BCUT2D eigenvalue weighted by atomic mass is 10.0. The molecule has 0 aliphatic heterocycles. The van der Waals surface area contributed by atoms with Gasteiger partial charge in [0.05, 0.1) is 11.4 Å². The van der Waals surface area contributed by atoms with Crippen LogP contribution in [0.15, 0.2) is 42.5 Å². The van der Waals surface area contributed by atoms with Crippen molar-refractivity contribution in [1.82, 2.24) is 0 Å². The van der Waals surface area contributed by atoms with E-state index in [1.165, 1.54) is 22.3 Å². The van der Waals surface area contributed by atoms with Gasteiger partial charge in [0.2, 0.25) is 0 Å². The van der Waals surface area contributed by atoms with E-state index in [9.17, 15) is 0 Å². The van der Waals surface area contributed by atoms with Crippen LogP contribution in [0.1, 0.15) is 34.0 Å². The first-order chi connectivity index (χ1) is 9.10. The van der Waals surface area contributed by atoms with E-state index in [4.69, 9.17) is 4.74 Å². The van der Waals surface area contributed by atoms with Gasteiger partial charge >= 0.3 is 0 Å². The van der Waals surface area contributed by atoms with Crippen LogP contribution >= 0.6 is 15.9 Å². The third-order valence-corrected chi connectivity index (χ3v) is 4.08. The van der Waals surface area contributed by atoms with Crippen molar-refractivity contribution in [3.05, 3.63) is 64.7 Å². The van der Waals surface area contributed by atoms with E-state index in [1.807, 2.05) is 19.1 Å². The van der Waals surface area contributed by atoms with E-state index >= 15 is 0 Å². The Hall–Kier alpha value is -1.28. The summed E-state index contributed by atoms with van der Waals surface area (Å²) >= 11 is 3.79. The molecule has 0 heterocycles. The summed E-state index contributed by atoms with van der Waals surface area (Å²) in [5.41, 5.74) is 5.13. The smallest absolute Gasteiger partial charge is 0.119 e. The molecule has 2 rings (SSSR count). The van der Waals surface area contributed by atoms with Gasteiger partial charge in [0.1, 0.15) is 5.75 Å². The third kappa shape index (κ3) is 3.60. The minimum absolute atomic E-state index is 0.224. The Morgan fingerprint density at radius 1 is 0.947 bits per heavy atom. The average Bonchev–Trinajstić information content (AvgIpc) is 2.38. The second-order valence-corrected chi connectivity index (χ2v) is 5.70. The Morgan fingerprint density at radius 2 is 1.53 bits per heavy atom. The Bertz CT molecular complexity index is 525. The van der Waals surface area contributed by atoms with Crippen LogP contribution in [0.5, 0.6) is 5.75 Å². The first kappa shape index (κ1) is 14.1. The minimum Gasteiger partial charge on any atom is -0.494 e. The van der Waals surface area contributed by atoms with Crippen molar-refractivity contribution in [3.63, 3.8) is 0 Å². The summed E-state index contributed by atoms with van der Waals surface area (Å²) in [7, 11) is 0. The number of alkyl halides is 1. The predicted molar refractivity (Wildman–Crippen MR) is 84.3 cm³/mol. The van der Waals surface area contributed by atoms with Gasteiger partial charge < -0.3 is 4.74 Å². The molecule has 1 atom stereocenters. The van der Waals surface area contributed by atoms with Crippen LogP contribution in [0.4, 0.5) is 0 Å². The zero-order chi connectivity index (χ0) is 13.8. The first-order valence-electron chi connectivity index (χ1n) is 6.55. The normalized spacial score (nSPS) is 12.2. The van der Waals surface area contributed by atoms with Crippen molar-refractivity contribution in [2.45, 2.75) is 25.6 Å². The molecule has 0 saturated heterocycles. The molecule has 1 nitrogen and oxygen atoms in total. The Labute approximate surface area is 123 Å². The maximum absolute atomic E-state index is 5.47. The third-order valence-electron chi connectivity index (χ3n) is 3.02. The molecule has 19 heavy (non-hydrogen) atoms. The number of benzene rings is 2. The highest BCUT2D eigenvalue weighted by atomic mass is 79.9. The van der Waals surface area contributed by atoms with Gasteiger partial charge in [0.25, 0.3) is 0 Å². The van der Waals surface area contributed by atoms with Gasteiger partial charge in [-0.3, -0.25) is 0 Å². The van der Waals surface area contributed by atoms with Crippen molar-refractivity contribution < 1.29 is 4.74 Å². The molecule has 100 valence electrons. The molecule has 0 N–H and O–H groups in total. The lowest BCUT2D eigenvalue weighted by Crippen LogP contribution is -1.96. The molecule has 2 aromatic rings. The van der Waals surface area contributed by atoms with Gasteiger partial charge in [-0.15, -0.1) is 0 Å². The molecular formula is C17H19BrO. The van der Waals surface area contributed by atoms with Crippen LogP contribution in [0.25, 0.3) is 0 Å². The maximum atomic E-state index is 5.47. The summed E-state index contributed by atoms with van der Waals surface area (Å²) in [4.78, 5) is 0.224. The van der Waals surface area contributed by atoms with Crippen molar-refractivity contribution in [2.24, 2.45) is 0 Å². The number of halogens is 1. The molecule has 0 bridgehead atoms. The number of ether oxygens (including phenoxy) is 1. The first-order valence-corrected chi connectivity index (χ1v) is 7.46. The molecule has 0 aromatic heterocycles.